The van der Waals surface area contributed by atoms with E-state index in [4.69, 9.17) is 0 Å². The van der Waals surface area contributed by atoms with Gasteiger partial charge in [0.05, 0.1) is 0 Å². The molecule has 0 aliphatic carbocycles. The molecule has 2 atom stereocenters. The van der Waals surface area contributed by atoms with Crippen molar-refractivity contribution in [3.63, 3.8) is 0 Å². The second-order valence-corrected chi connectivity index (χ2v) is 8.19. The van der Waals surface area contributed by atoms with Crippen molar-refractivity contribution in [3.05, 3.63) is 0 Å². The van der Waals surface area contributed by atoms with Gasteiger partial charge in [-0.1, -0.05) is 34.6 Å². The minimum atomic E-state index is 0.343. The van der Waals surface area contributed by atoms with Gasteiger partial charge in [-0.3, -0.25) is 4.90 Å². The molecule has 0 bridgehead atoms. The average molecular weight is 273 g/mol. The lowest BCUT2D eigenvalue weighted by Gasteiger charge is -2.51. The summed E-state index contributed by atoms with van der Waals surface area (Å²) in [6.07, 6.45) is 1.23. The Morgan fingerprint density at radius 1 is 1.33 bits per heavy atom. The fraction of sp³-hybridized carbons (Fsp3) is 1.00. The van der Waals surface area contributed by atoms with E-state index in [0.29, 0.717) is 17.0 Å². The maximum absolute atomic E-state index is 3.77. The molecule has 0 radical (unpaired) electrons. The molecule has 2 unspecified atom stereocenters. The molecule has 1 aliphatic rings. The summed E-state index contributed by atoms with van der Waals surface area (Å²) >= 11 is 2.06. The number of nitrogens with one attached hydrogen (secondary N) is 1. The Morgan fingerprint density at radius 3 is 2.50 bits per heavy atom. The van der Waals surface area contributed by atoms with Crippen molar-refractivity contribution in [2.75, 3.05) is 31.1 Å². The zero-order valence-electron chi connectivity index (χ0n) is 13.2. The minimum Gasteiger partial charge on any atom is -0.310 e. The van der Waals surface area contributed by atoms with Crippen LogP contribution in [0.3, 0.4) is 0 Å². The highest BCUT2D eigenvalue weighted by Gasteiger charge is 2.39. The molecule has 0 spiro atoms. The van der Waals surface area contributed by atoms with Crippen LogP contribution < -0.4 is 5.32 Å². The molecule has 1 rings (SSSR count). The Labute approximate surface area is 118 Å². The lowest BCUT2D eigenvalue weighted by Crippen LogP contribution is -2.66. The van der Waals surface area contributed by atoms with Crippen LogP contribution in [-0.4, -0.2) is 47.6 Å². The Bertz CT molecular complexity index is 249. The summed E-state index contributed by atoms with van der Waals surface area (Å²) in [5.74, 6) is 2.50. The smallest absolute Gasteiger partial charge is 0.0304 e. The summed E-state index contributed by atoms with van der Waals surface area (Å²) < 4.78 is 0. The summed E-state index contributed by atoms with van der Waals surface area (Å²) in [4.78, 5) is 2.72. The second-order valence-electron chi connectivity index (χ2n) is 6.79. The van der Waals surface area contributed by atoms with Gasteiger partial charge in [0.15, 0.2) is 0 Å². The van der Waals surface area contributed by atoms with Crippen LogP contribution >= 0.6 is 11.8 Å². The Morgan fingerprint density at radius 2 is 2.00 bits per heavy atom. The van der Waals surface area contributed by atoms with E-state index in [1.165, 1.54) is 31.0 Å². The van der Waals surface area contributed by atoms with Gasteiger partial charge in [-0.25, -0.2) is 0 Å². The van der Waals surface area contributed by atoms with E-state index >= 15 is 0 Å². The molecule has 1 aliphatic heterocycles. The van der Waals surface area contributed by atoms with Crippen molar-refractivity contribution in [1.82, 2.24) is 10.2 Å². The molecule has 0 saturated carbocycles. The first-order valence-electron chi connectivity index (χ1n) is 7.39. The van der Waals surface area contributed by atoms with E-state index in [2.05, 4.69) is 63.5 Å². The van der Waals surface area contributed by atoms with Gasteiger partial charge in [-0.2, -0.15) is 11.8 Å². The summed E-state index contributed by atoms with van der Waals surface area (Å²) in [5.41, 5.74) is 0.696. The van der Waals surface area contributed by atoms with Crippen LogP contribution in [0.15, 0.2) is 0 Å². The fourth-order valence-electron chi connectivity index (χ4n) is 2.57. The van der Waals surface area contributed by atoms with Crippen LogP contribution in [0.5, 0.6) is 0 Å². The van der Waals surface area contributed by atoms with Crippen LogP contribution in [0.25, 0.3) is 0 Å². The van der Waals surface area contributed by atoms with Crippen LogP contribution in [0.2, 0.25) is 0 Å². The third kappa shape index (κ3) is 4.14. The number of rotatable bonds is 5. The third-order valence-corrected chi connectivity index (χ3v) is 5.29. The molecule has 0 aromatic rings. The zero-order chi connectivity index (χ0) is 13.8. The molecular weight excluding hydrogens is 240 g/mol. The number of hydrogen-bond donors (Lipinski definition) is 1. The van der Waals surface area contributed by atoms with Crippen LogP contribution in [0, 0.1) is 5.41 Å². The van der Waals surface area contributed by atoms with Crippen molar-refractivity contribution in [3.8, 4) is 0 Å². The van der Waals surface area contributed by atoms with E-state index in [-0.39, 0.29) is 0 Å². The van der Waals surface area contributed by atoms with Crippen LogP contribution in [0.1, 0.15) is 48.0 Å². The summed E-state index contributed by atoms with van der Waals surface area (Å²) in [6.45, 7) is 17.6. The lowest BCUT2D eigenvalue weighted by molar-refractivity contribution is 0.0273. The highest BCUT2D eigenvalue weighted by atomic mass is 32.2. The summed E-state index contributed by atoms with van der Waals surface area (Å²) in [5, 5.41) is 3.77. The number of hydrogen-bond acceptors (Lipinski definition) is 3. The molecule has 1 fully saturated rings. The maximum atomic E-state index is 3.77. The molecule has 0 amide bonds. The molecule has 18 heavy (non-hydrogen) atoms. The van der Waals surface area contributed by atoms with Gasteiger partial charge < -0.3 is 5.32 Å². The molecule has 3 heteroatoms. The number of thioether (sulfide) groups is 1. The van der Waals surface area contributed by atoms with E-state index in [1.807, 2.05) is 0 Å². The van der Waals surface area contributed by atoms with Crippen molar-refractivity contribution < 1.29 is 0 Å². The third-order valence-electron chi connectivity index (χ3n) is 4.41. The van der Waals surface area contributed by atoms with Gasteiger partial charge in [0.25, 0.3) is 0 Å². The normalized spacial score (nSPS) is 30.7. The van der Waals surface area contributed by atoms with Gasteiger partial charge >= 0.3 is 0 Å². The van der Waals surface area contributed by atoms with Gasteiger partial charge in [0.2, 0.25) is 0 Å². The first-order chi connectivity index (χ1) is 8.33. The number of piperazine rings is 1. The first-order valence-corrected chi connectivity index (χ1v) is 8.55. The predicted octanol–water partition coefficient (Wildman–Crippen LogP) is 3.23. The van der Waals surface area contributed by atoms with Gasteiger partial charge in [0, 0.05) is 37.0 Å². The zero-order valence-corrected chi connectivity index (χ0v) is 14.0. The van der Waals surface area contributed by atoms with Gasteiger partial charge in [0.1, 0.15) is 0 Å². The van der Waals surface area contributed by atoms with E-state index in [0.717, 1.165) is 6.54 Å². The van der Waals surface area contributed by atoms with Crippen LogP contribution in [0.4, 0.5) is 0 Å². The first kappa shape index (κ1) is 16.3. The van der Waals surface area contributed by atoms with Gasteiger partial charge in [-0.05, 0) is 24.5 Å². The highest BCUT2D eigenvalue weighted by molar-refractivity contribution is 7.99. The van der Waals surface area contributed by atoms with Crippen molar-refractivity contribution >= 4 is 11.8 Å². The highest BCUT2D eigenvalue weighted by Crippen LogP contribution is 2.29. The Kier molecular flexibility index (Phi) is 6.01. The van der Waals surface area contributed by atoms with Crippen molar-refractivity contribution in [2.45, 2.75) is 59.5 Å². The largest absolute Gasteiger partial charge is 0.310 e. The van der Waals surface area contributed by atoms with E-state index in [9.17, 15) is 0 Å². The predicted molar refractivity (Wildman–Crippen MR) is 84.5 cm³/mol. The topological polar surface area (TPSA) is 15.3 Å². The number of nitrogens with zero attached hydrogens (tertiary/aromatic N) is 1. The standard InChI is InChI=1S/C15H32N2S/c1-7-15(6)12-16-13(14(3,4)5)11-17(15)9-10-18-8-2/h13,16H,7-12H2,1-6H3. The second kappa shape index (κ2) is 6.62. The average Bonchev–Trinajstić information content (AvgIpc) is 2.30. The van der Waals surface area contributed by atoms with Crippen molar-refractivity contribution in [1.29, 1.82) is 0 Å². The van der Waals surface area contributed by atoms with E-state index in [1.54, 1.807) is 0 Å². The van der Waals surface area contributed by atoms with Crippen molar-refractivity contribution in [2.24, 2.45) is 5.41 Å². The molecule has 1 N–H and O–H groups in total. The SMILES string of the molecule is CCSCCN1CC(C(C)(C)C)NCC1(C)CC. The summed E-state index contributed by atoms with van der Waals surface area (Å²) in [6, 6.07) is 0.615. The lowest BCUT2D eigenvalue weighted by atomic mass is 9.82. The minimum absolute atomic E-state index is 0.343. The Hall–Kier alpha value is 0.270. The van der Waals surface area contributed by atoms with Crippen LogP contribution in [-0.2, 0) is 0 Å². The fourth-order valence-corrected chi connectivity index (χ4v) is 3.21. The molecule has 108 valence electrons. The molecular formula is C15H32N2S. The molecule has 0 aromatic carbocycles. The molecule has 1 saturated heterocycles. The molecule has 1 heterocycles. The quantitative estimate of drug-likeness (QED) is 0.774. The molecule has 0 aromatic heterocycles. The van der Waals surface area contributed by atoms with E-state index < -0.39 is 0 Å². The monoisotopic (exact) mass is 272 g/mol. The molecule has 2 nitrogen and oxygen atoms in total. The summed E-state index contributed by atoms with van der Waals surface area (Å²) in [7, 11) is 0. The Balaban J connectivity index is 2.65. The maximum Gasteiger partial charge on any atom is 0.0304 e. The van der Waals surface area contributed by atoms with Gasteiger partial charge in [-0.15, -0.1) is 0 Å².